The Balaban J connectivity index is 1.54. The molecule has 0 aliphatic carbocycles. The highest BCUT2D eigenvalue weighted by atomic mass is 32.2. The molecule has 0 saturated carbocycles. The third-order valence-electron chi connectivity index (χ3n) is 5.89. The summed E-state index contributed by atoms with van der Waals surface area (Å²) in [5.74, 6) is 1.99. The van der Waals surface area contributed by atoms with Gasteiger partial charge in [0.2, 0.25) is 0 Å². The molecule has 1 unspecified atom stereocenters. The van der Waals surface area contributed by atoms with Crippen molar-refractivity contribution in [3.63, 3.8) is 0 Å². The van der Waals surface area contributed by atoms with E-state index in [1.165, 1.54) is 0 Å². The molecule has 2 aromatic heterocycles. The number of morpholine rings is 1. The van der Waals surface area contributed by atoms with Crippen LogP contribution in [-0.2, 0) is 15.8 Å². The van der Waals surface area contributed by atoms with Crippen LogP contribution in [-0.4, -0.2) is 91.5 Å². The molecule has 2 fully saturated rings. The zero-order chi connectivity index (χ0) is 22.1. The molecule has 2 aliphatic heterocycles. The van der Waals surface area contributed by atoms with Gasteiger partial charge in [0.15, 0.2) is 11.5 Å². The minimum Gasteiger partial charge on any atom is -0.771 e. The second-order valence-electron chi connectivity index (χ2n) is 7.95. The number of aromatic hydroxyl groups is 1. The Bertz CT molecular complexity index is 1120. The Morgan fingerprint density at radius 1 is 1.09 bits per heavy atom. The number of fused-ring (bicyclic) bond motifs is 1. The molecular formula is C21H25N6O4S-. The number of phenolic OH excluding ortho intramolecular Hbond substituents is 1. The third kappa shape index (κ3) is 4.29. The van der Waals surface area contributed by atoms with E-state index in [1.54, 1.807) is 18.2 Å². The number of phenols is 1. The fourth-order valence-corrected chi connectivity index (χ4v) is 4.80. The van der Waals surface area contributed by atoms with Gasteiger partial charge in [-0.2, -0.15) is 0 Å². The number of anilines is 2. The summed E-state index contributed by atoms with van der Waals surface area (Å²) < 4.78 is 29.6. The Kier molecular flexibility index (Phi) is 5.96. The third-order valence-corrected chi connectivity index (χ3v) is 6.47. The van der Waals surface area contributed by atoms with E-state index in [9.17, 15) is 13.9 Å². The van der Waals surface area contributed by atoms with Crippen LogP contribution in [0.2, 0.25) is 0 Å². The van der Waals surface area contributed by atoms with Crippen molar-refractivity contribution < 1.29 is 18.6 Å². The Morgan fingerprint density at radius 2 is 1.88 bits per heavy atom. The molecular weight excluding hydrogens is 432 g/mol. The molecule has 1 atom stereocenters. The Labute approximate surface area is 188 Å². The van der Waals surface area contributed by atoms with Crippen molar-refractivity contribution >= 4 is 28.4 Å². The molecule has 2 saturated heterocycles. The van der Waals surface area contributed by atoms with Gasteiger partial charge in [-0.1, -0.05) is 12.1 Å². The van der Waals surface area contributed by atoms with Crippen LogP contribution in [0.1, 0.15) is 0 Å². The zero-order valence-corrected chi connectivity index (χ0v) is 18.4. The number of benzene rings is 1. The number of rotatable bonds is 5. The molecule has 1 N–H and O–H groups in total. The Hall–Kier alpha value is -2.73. The molecule has 10 nitrogen and oxygen atoms in total. The second kappa shape index (κ2) is 9.02. The average molecular weight is 458 g/mol. The fourth-order valence-electron chi connectivity index (χ4n) is 4.24. The van der Waals surface area contributed by atoms with Crippen LogP contribution in [0.25, 0.3) is 16.9 Å². The predicted octanol–water partition coefficient (Wildman–Crippen LogP) is 0.897. The maximum atomic E-state index is 11.0. The molecule has 3 aromatic rings. The number of piperazine rings is 1. The summed E-state index contributed by atoms with van der Waals surface area (Å²) in [6, 6.07) is 7.08. The quantitative estimate of drug-likeness (QED) is 0.559. The van der Waals surface area contributed by atoms with Gasteiger partial charge < -0.3 is 24.2 Å². The van der Waals surface area contributed by atoms with Crippen molar-refractivity contribution in [2.24, 2.45) is 0 Å². The van der Waals surface area contributed by atoms with Gasteiger partial charge >= 0.3 is 0 Å². The maximum absolute atomic E-state index is 11.0. The van der Waals surface area contributed by atoms with E-state index in [0.29, 0.717) is 39.4 Å². The smallest absolute Gasteiger partial charge is 0.181 e. The highest BCUT2D eigenvalue weighted by molar-refractivity contribution is 7.79. The largest absolute Gasteiger partial charge is 0.771 e. The van der Waals surface area contributed by atoms with Crippen LogP contribution in [0.15, 0.2) is 36.7 Å². The fraction of sp³-hybridized carbons (Fsp3) is 0.429. The van der Waals surface area contributed by atoms with Crippen molar-refractivity contribution in [3.05, 3.63) is 36.7 Å². The summed E-state index contributed by atoms with van der Waals surface area (Å²) in [5, 5.41) is 9.98. The van der Waals surface area contributed by atoms with Crippen LogP contribution < -0.4 is 9.80 Å². The number of nitrogens with zero attached hydrogens (tertiary/aromatic N) is 6. The topological polar surface area (TPSA) is 110 Å². The van der Waals surface area contributed by atoms with Crippen LogP contribution in [0.5, 0.6) is 5.75 Å². The lowest BCUT2D eigenvalue weighted by Gasteiger charge is -2.35. The molecule has 0 spiro atoms. The Morgan fingerprint density at radius 3 is 2.59 bits per heavy atom. The number of ether oxygens (including phenoxy) is 1. The van der Waals surface area contributed by atoms with E-state index in [4.69, 9.17) is 14.7 Å². The van der Waals surface area contributed by atoms with E-state index in [0.717, 1.165) is 41.6 Å². The van der Waals surface area contributed by atoms with Crippen LogP contribution in [0, 0.1) is 0 Å². The molecule has 4 heterocycles. The minimum atomic E-state index is -2.07. The lowest BCUT2D eigenvalue weighted by atomic mass is 10.1. The molecule has 32 heavy (non-hydrogen) atoms. The molecule has 11 heteroatoms. The SMILES string of the molecule is O=S([O-])CN1CCN(c2cnc3c(N4CCOCC4)nc(-c4cccc(O)c4)cn23)CC1. The van der Waals surface area contributed by atoms with Crippen molar-refractivity contribution in [1.29, 1.82) is 0 Å². The van der Waals surface area contributed by atoms with Crippen molar-refractivity contribution in [2.75, 3.05) is 68.2 Å². The number of hydrogen-bond acceptors (Lipinski definition) is 9. The highest BCUT2D eigenvalue weighted by Gasteiger charge is 2.24. The predicted molar refractivity (Wildman–Crippen MR) is 121 cm³/mol. The van der Waals surface area contributed by atoms with E-state index < -0.39 is 11.1 Å². The van der Waals surface area contributed by atoms with E-state index >= 15 is 0 Å². The zero-order valence-electron chi connectivity index (χ0n) is 17.6. The number of aromatic nitrogens is 3. The van der Waals surface area contributed by atoms with Crippen LogP contribution >= 0.6 is 0 Å². The van der Waals surface area contributed by atoms with Crippen molar-refractivity contribution in [2.45, 2.75) is 0 Å². The molecule has 0 radical (unpaired) electrons. The first-order valence-electron chi connectivity index (χ1n) is 10.6. The van der Waals surface area contributed by atoms with Crippen molar-refractivity contribution in [1.82, 2.24) is 19.3 Å². The first-order valence-corrected chi connectivity index (χ1v) is 11.9. The summed E-state index contributed by atoms with van der Waals surface area (Å²) in [4.78, 5) is 16.0. The van der Waals surface area contributed by atoms with Gasteiger partial charge in [-0.15, -0.1) is 0 Å². The molecule has 170 valence electrons. The molecule has 0 bridgehead atoms. The summed E-state index contributed by atoms with van der Waals surface area (Å²) in [6.45, 7) is 5.51. The van der Waals surface area contributed by atoms with Gasteiger partial charge in [0, 0.05) is 51.0 Å². The summed E-state index contributed by atoms with van der Waals surface area (Å²) in [6.07, 6.45) is 3.81. The maximum Gasteiger partial charge on any atom is 0.181 e. The van der Waals surface area contributed by atoms with Crippen molar-refractivity contribution in [3.8, 4) is 17.0 Å². The standard InChI is InChI=1S/C21H26N6O4S/c28-17-3-1-2-16(12-17)18-14-27-19(25-6-4-24(5-7-25)15-32(29)30)13-22-20(27)21(23-18)26-8-10-31-11-9-26/h1-3,12-14,28H,4-11,15H2,(H,29,30)/p-1. The molecule has 1 aromatic carbocycles. The first-order chi connectivity index (χ1) is 15.6. The lowest BCUT2D eigenvalue weighted by molar-refractivity contribution is 0.122. The van der Waals surface area contributed by atoms with Crippen LogP contribution in [0.4, 0.5) is 11.6 Å². The van der Waals surface area contributed by atoms with Gasteiger partial charge in [0.05, 0.1) is 31.0 Å². The summed E-state index contributed by atoms with van der Waals surface area (Å²) in [7, 11) is 0. The van der Waals surface area contributed by atoms with E-state index in [2.05, 4.69) is 14.2 Å². The lowest BCUT2D eigenvalue weighted by Crippen LogP contribution is -2.47. The van der Waals surface area contributed by atoms with Crippen LogP contribution in [0.3, 0.4) is 0 Å². The monoisotopic (exact) mass is 457 g/mol. The first kappa shape index (κ1) is 21.1. The normalized spacial score (nSPS) is 18.9. The average Bonchev–Trinajstić information content (AvgIpc) is 3.23. The van der Waals surface area contributed by atoms with E-state index in [1.807, 2.05) is 23.4 Å². The van der Waals surface area contributed by atoms with Gasteiger partial charge in [-0.05, 0) is 23.2 Å². The second-order valence-corrected chi connectivity index (χ2v) is 8.81. The summed E-state index contributed by atoms with van der Waals surface area (Å²) in [5.41, 5.74) is 2.34. The van der Waals surface area contributed by atoms with Gasteiger partial charge in [-0.25, -0.2) is 9.97 Å². The molecule has 0 amide bonds. The van der Waals surface area contributed by atoms with Gasteiger partial charge in [-0.3, -0.25) is 13.5 Å². The summed E-state index contributed by atoms with van der Waals surface area (Å²) >= 11 is -2.07. The van der Waals surface area contributed by atoms with Gasteiger partial charge in [0.25, 0.3) is 0 Å². The number of imidazole rings is 1. The molecule has 2 aliphatic rings. The van der Waals surface area contributed by atoms with E-state index in [-0.39, 0.29) is 11.6 Å². The minimum absolute atomic E-state index is 0.0632. The highest BCUT2D eigenvalue weighted by Crippen LogP contribution is 2.30. The molecule has 5 rings (SSSR count). The van der Waals surface area contributed by atoms with Gasteiger partial charge in [0.1, 0.15) is 11.6 Å². The number of hydrogen-bond donors (Lipinski definition) is 1.